The number of methoxy groups -OCH3 is 1. The number of carbonyl (C=O) groups excluding carboxylic acids is 1. The zero-order valence-electron chi connectivity index (χ0n) is 10.1. The Labute approximate surface area is 105 Å². The first-order chi connectivity index (χ1) is 8.65. The molecular weight excluding hydrogens is 236 g/mol. The van der Waals surface area contributed by atoms with Gasteiger partial charge in [0.2, 0.25) is 0 Å². The minimum atomic E-state index is -0.329. The lowest BCUT2D eigenvalue weighted by atomic mass is 9.89. The first-order valence-electron chi connectivity index (χ1n) is 5.79. The molecule has 98 valence electrons. The summed E-state index contributed by atoms with van der Waals surface area (Å²) in [6.07, 6.45) is 0.473. The molecule has 2 N–H and O–H groups in total. The molecule has 0 bridgehead atoms. The van der Waals surface area contributed by atoms with Crippen molar-refractivity contribution in [3.8, 4) is 11.5 Å². The van der Waals surface area contributed by atoms with Crippen LogP contribution in [0.15, 0.2) is 18.2 Å². The van der Waals surface area contributed by atoms with Gasteiger partial charge in [-0.2, -0.15) is 0 Å². The van der Waals surface area contributed by atoms with Gasteiger partial charge in [-0.15, -0.1) is 0 Å². The van der Waals surface area contributed by atoms with Crippen molar-refractivity contribution >= 4 is 5.97 Å². The molecule has 1 fully saturated rings. The standard InChI is InChI=1S/C13H16O5/c1-17-12-5-8(2-3-11(12)15)4-10-9(6-14)7-18-13(10)16/h2-3,5,9-10,14-15H,4,6-7H2,1H3. The van der Waals surface area contributed by atoms with E-state index >= 15 is 0 Å². The predicted molar refractivity (Wildman–Crippen MR) is 63.4 cm³/mol. The maximum atomic E-state index is 11.6. The second-order valence-corrected chi connectivity index (χ2v) is 4.39. The zero-order chi connectivity index (χ0) is 13.1. The van der Waals surface area contributed by atoms with Gasteiger partial charge >= 0.3 is 5.97 Å². The number of cyclic esters (lactones) is 1. The summed E-state index contributed by atoms with van der Waals surface area (Å²) in [5.74, 6) is -0.323. The molecule has 0 aromatic heterocycles. The van der Waals surface area contributed by atoms with E-state index < -0.39 is 0 Å². The van der Waals surface area contributed by atoms with E-state index in [1.807, 2.05) is 0 Å². The second kappa shape index (κ2) is 5.27. The molecule has 5 heteroatoms. The van der Waals surface area contributed by atoms with Crippen molar-refractivity contribution < 1.29 is 24.5 Å². The molecule has 5 nitrogen and oxygen atoms in total. The molecule has 1 aromatic carbocycles. The van der Waals surface area contributed by atoms with Crippen LogP contribution in [-0.4, -0.2) is 36.5 Å². The van der Waals surface area contributed by atoms with Gasteiger partial charge < -0.3 is 19.7 Å². The van der Waals surface area contributed by atoms with Crippen LogP contribution < -0.4 is 4.74 Å². The summed E-state index contributed by atoms with van der Waals surface area (Å²) in [7, 11) is 1.47. The Kier molecular flexibility index (Phi) is 3.72. The van der Waals surface area contributed by atoms with Crippen LogP contribution in [0.25, 0.3) is 0 Å². The van der Waals surface area contributed by atoms with E-state index in [0.29, 0.717) is 12.2 Å². The third-order valence-electron chi connectivity index (χ3n) is 3.25. The number of hydrogen-bond acceptors (Lipinski definition) is 5. The van der Waals surface area contributed by atoms with E-state index in [4.69, 9.17) is 9.47 Å². The minimum absolute atomic E-state index is 0.0638. The molecule has 1 aromatic rings. The van der Waals surface area contributed by atoms with Gasteiger partial charge in [0.1, 0.15) is 0 Å². The maximum absolute atomic E-state index is 11.6. The normalized spacial score (nSPS) is 22.9. The average molecular weight is 252 g/mol. The topological polar surface area (TPSA) is 76.0 Å². The van der Waals surface area contributed by atoms with Crippen LogP contribution in [-0.2, 0) is 16.0 Å². The molecule has 1 saturated heterocycles. The number of aliphatic hydroxyl groups is 1. The summed E-state index contributed by atoms with van der Waals surface area (Å²) in [6.45, 7) is 0.209. The molecule has 18 heavy (non-hydrogen) atoms. The first kappa shape index (κ1) is 12.7. The summed E-state index contributed by atoms with van der Waals surface area (Å²) in [5.41, 5.74) is 0.868. The monoisotopic (exact) mass is 252 g/mol. The molecule has 1 heterocycles. The fourth-order valence-corrected chi connectivity index (χ4v) is 2.14. The highest BCUT2D eigenvalue weighted by molar-refractivity contribution is 5.75. The molecule has 0 spiro atoms. The Bertz CT molecular complexity index is 443. The number of phenolic OH excluding ortho intramolecular Hbond substituents is 1. The number of phenols is 1. The number of esters is 1. The molecule has 0 aliphatic carbocycles. The van der Waals surface area contributed by atoms with Gasteiger partial charge in [0, 0.05) is 12.5 Å². The lowest BCUT2D eigenvalue weighted by Crippen LogP contribution is -2.21. The van der Waals surface area contributed by atoms with Gasteiger partial charge in [-0.25, -0.2) is 0 Å². The number of carbonyl (C=O) groups is 1. The Morgan fingerprint density at radius 2 is 2.28 bits per heavy atom. The lowest BCUT2D eigenvalue weighted by Gasteiger charge is -2.13. The van der Waals surface area contributed by atoms with Crippen molar-refractivity contribution in [1.82, 2.24) is 0 Å². The van der Waals surface area contributed by atoms with Gasteiger partial charge in [-0.05, 0) is 24.1 Å². The van der Waals surface area contributed by atoms with Crippen molar-refractivity contribution in [2.24, 2.45) is 11.8 Å². The van der Waals surface area contributed by atoms with Crippen LogP contribution in [0.2, 0.25) is 0 Å². The summed E-state index contributed by atoms with van der Waals surface area (Å²) in [6, 6.07) is 4.95. The van der Waals surface area contributed by atoms with E-state index in [9.17, 15) is 15.0 Å². The number of ether oxygens (including phenoxy) is 2. The molecule has 1 aliphatic rings. The van der Waals surface area contributed by atoms with Crippen LogP contribution >= 0.6 is 0 Å². The third kappa shape index (κ3) is 2.41. The maximum Gasteiger partial charge on any atom is 0.309 e. The van der Waals surface area contributed by atoms with E-state index in [2.05, 4.69) is 0 Å². The number of benzene rings is 1. The fourth-order valence-electron chi connectivity index (χ4n) is 2.14. The largest absolute Gasteiger partial charge is 0.504 e. The van der Waals surface area contributed by atoms with Crippen LogP contribution in [0.4, 0.5) is 0 Å². The van der Waals surface area contributed by atoms with Crippen molar-refractivity contribution in [2.45, 2.75) is 6.42 Å². The Morgan fingerprint density at radius 3 is 2.94 bits per heavy atom. The minimum Gasteiger partial charge on any atom is -0.504 e. The van der Waals surface area contributed by atoms with Gasteiger partial charge in [0.25, 0.3) is 0 Å². The summed E-state index contributed by atoms with van der Waals surface area (Å²) in [5, 5.41) is 18.7. The van der Waals surface area contributed by atoms with Crippen molar-refractivity contribution in [3.63, 3.8) is 0 Å². The predicted octanol–water partition coefficient (Wildman–Crippen LogP) is 0.725. The zero-order valence-corrected chi connectivity index (χ0v) is 10.1. The molecule has 0 amide bonds. The summed E-state index contributed by atoms with van der Waals surface area (Å²) >= 11 is 0. The van der Waals surface area contributed by atoms with Crippen molar-refractivity contribution in [3.05, 3.63) is 23.8 Å². The lowest BCUT2D eigenvalue weighted by molar-refractivity contribution is -0.141. The van der Waals surface area contributed by atoms with Crippen LogP contribution in [0.5, 0.6) is 11.5 Å². The van der Waals surface area contributed by atoms with Crippen molar-refractivity contribution in [2.75, 3.05) is 20.3 Å². The summed E-state index contributed by atoms with van der Waals surface area (Å²) in [4.78, 5) is 11.6. The fraction of sp³-hybridized carbons (Fsp3) is 0.462. The third-order valence-corrected chi connectivity index (χ3v) is 3.25. The van der Waals surface area contributed by atoms with E-state index in [1.165, 1.54) is 13.2 Å². The van der Waals surface area contributed by atoms with Crippen molar-refractivity contribution in [1.29, 1.82) is 0 Å². The van der Waals surface area contributed by atoms with Gasteiger partial charge in [-0.1, -0.05) is 6.07 Å². The number of aliphatic hydroxyl groups excluding tert-OH is 1. The quantitative estimate of drug-likeness (QED) is 0.772. The first-order valence-corrected chi connectivity index (χ1v) is 5.79. The van der Waals surface area contributed by atoms with Crippen LogP contribution in [0, 0.1) is 11.8 Å². The molecule has 0 radical (unpaired) electrons. The molecule has 2 atom stereocenters. The van der Waals surface area contributed by atoms with Gasteiger partial charge in [0.15, 0.2) is 11.5 Å². The molecule has 1 aliphatic heterocycles. The molecule has 2 rings (SSSR count). The SMILES string of the molecule is COc1cc(CC2C(=O)OCC2CO)ccc1O. The average Bonchev–Trinajstić information content (AvgIpc) is 2.73. The summed E-state index contributed by atoms with van der Waals surface area (Å²) < 4.78 is 9.96. The highest BCUT2D eigenvalue weighted by atomic mass is 16.5. The Hall–Kier alpha value is -1.75. The highest BCUT2D eigenvalue weighted by Crippen LogP contribution is 2.30. The molecular formula is C13H16O5. The van der Waals surface area contributed by atoms with Gasteiger partial charge in [0.05, 0.1) is 19.6 Å². The van der Waals surface area contributed by atoms with E-state index in [1.54, 1.807) is 12.1 Å². The van der Waals surface area contributed by atoms with Crippen LogP contribution in [0.3, 0.4) is 0 Å². The van der Waals surface area contributed by atoms with Crippen LogP contribution in [0.1, 0.15) is 5.56 Å². The molecule has 2 unspecified atom stereocenters. The highest BCUT2D eigenvalue weighted by Gasteiger charge is 2.36. The Balaban J connectivity index is 2.15. The second-order valence-electron chi connectivity index (χ2n) is 4.39. The van der Waals surface area contributed by atoms with Gasteiger partial charge in [-0.3, -0.25) is 4.79 Å². The number of hydrogen-bond donors (Lipinski definition) is 2. The Morgan fingerprint density at radius 1 is 1.50 bits per heavy atom. The number of aromatic hydroxyl groups is 1. The smallest absolute Gasteiger partial charge is 0.309 e. The number of rotatable bonds is 4. The molecule has 0 saturated carbocycles. The van der Waals surface area contributed by atoms with E-state index in [-0.39, 0.29) is 36.8 Å². The van der Waals surface area contributed by atoms with E-state index in [0.717, 1.165) is 5.56 Å².